The van der Waals surface area contributed by atoms with Crippen molar-refractivity contribution in [2.24, 2.45) is 5.92 Å². The van der Waals surface area contributed by atoms with E-state index >= 15 is 0 Å². The molecule has 0 saturated carbocycles. The van der Waals surface area contributed by atoms with Crippen LogP contribution in [0, 0.1) is 5.92 Å². The van der Waals surface area contributed by atoms with Crippen molar-refractivity contribution in [3.63, 3.8) is 0 Å². The van der Waals surface area contributed by atoms with Gasteiger partial charge in [-0.2, -0.15) is 5.48 Å². The van der Waals surface area contributed by atoms with Crippen molar-refractivity contribution in [2.75, 3.05) is 0 Å². The Morgan fingerprint density at radius 1 is 1.16 bits per heavy atom. The first-order valence-electron chi connectivity index (χ1n) is 8.17. The summed E-state index contributed by atoms with van der Waals surface area (Å²) in [5, 5.41) is 11.4. The van der Waals surface area contributed by atoms with Crippen molar-refractivity contribution in [1.82, 2.24) is 10.8 Å². The molecular formula is C18H26N2O5. The molecule has 0 radical (unpaired) electrons. The van der Waals surface area contributed by atoms with Gasteiger partial charge in [0.2, 0.25) is 0 Å². The third-order valence-electron chi connectivity index (χ3n) is 3.38. The van der Waals surface area contributed by atoms with Gasteiger partial charge in [-0.15, -0.1) is 0 Å². The van der Waals surface area contributed by atoms with Gasteiger partial charge in [0.15, 0.2) is 0 Å². The second kappa shape index (κ2) is 9.05. The molecule has 0 aliphatic rings. The van der Waals surface area contributed by atoms with Crippen LogP contribution in [0.3, 0.4) is 0 Å². The highest BCUT2D eigenvalue weighted by molar-refractivity contribution is 5.87. The van der Waals surface area contributed by atoms with Crippen LogP contribution in [0.1, 0.15) is 56.5 Å². The molecule has 0 fully saturated rings. The Morgan fingerprint density at radius 3 is 2.28 bits per heavy atom. The van der Waals surface area contributed by atoms with E-state index in [2.05, 4.69) is 15.6 Å². The molecule has 1 atom stereocenters. The summed E-state index contributed by atoms with van der Waals surface area (Å²) in [5.74, 6) is -1.09. The average Bonchev–Trinajstić information content (AvgIpc) is 2.50. The molecule has 1 aromatic rings. The number of carbonyl (C=O) groups excluding carboxylic acids is 2. The molecule has 1 rings (SSSR count). The normalized spacial score (nSPS) is 12.2. The molecule has 0 aromatic heterocycles. The van der Waals surface area contributed by atoms with E-state index < -0.39 is 17.6 Å². The minimum absolute atomic E-state index is 0.227. The minimum atomic E-state index is -0.952. The van der Waals surface area contributed by atoms with Crippen LogP contribution < -0.4 is 10.8 Å². The van der Waals surface area contributed by atoms with E-state index in [0.717, 1.165) is 12.0 Å². The summed E-state index contributed by atoms with van der Waals surface area (Å²) in [6.45, 7) is 7.42. The third kappa shape index (κ3) is 8.74. The van der Waals surface area contributed by atoms with Gasteiger partial charge in [0.1, 0.15) is 0 Å². The first-order valence-corrected chi connectivity index (χ1v) is 8.17. The summed E-state index contributed by atoms with van der Waals surface area (Å²) < 4.78 is 0. The molecule has 0 heterocycles. The topological polar surface area (TPSA) is 105 Å². The summed E-state index contributed by atoms with van der Waals surface area (Å²) in [7, 11) is 0. The van der Waals surface area contributed by atoms with Crippen LogP contribution in [-0.4, -0.2) is 28.6 Å². The average molecular weight is 350 g/mol. The Labute approximate surface area is 147 Å². The van der Waals surface area contributed by atoms with Gasteiger partial charge >= 0.3 is 12.1 Å². The molecule has 138 valence electrons. The van der Waals surface area contributed by atoms with Crippen LogP contribution in [0.15, 0.2) is 24.3 Å². The lowest BCUT2D eigenvalue weighted by Crippen LogP contribution is -2.43. The van der Waals surface area contributed by atoms with Crippen molar-refractivity contribution in [3.8, 4) is 0 Å². The standard InChI is InChI=1S/C18H26N2O5/c1-12(11-13-6-8-14(9-7-13)16(22)23)5-10-15(21)20-25-17(24)19-18(2,3)4/h6-9,12H,5,10-11H2,1-4H3,(H,19,24)(H,20,21)(H,22,23). The van der Waals surface area contributed by atoms with Crippen LogP contribution in [-0.2, 0) is 16.1 Å². The number of aromatic carboxylic acids is 1. The van der Waals surface area contributed by atoms with Gasteiger partial charge in [0.25, 0.3) is 5.91 Å². The number of hydrogen-bond acceptors (Lipinski definition) is 4. The number of amides is 2. The van der Waals surface area contributed by atoms with Gasteiger partial charge in [-0.1, -0.05) is 19.1 Å². The van der Waals surface area contributed by atoms with Crippen LogP contribution >= 0.6 is 0 Å². The molecule has 0 aliphatic heterocycles. The van der Waals surface area contributed by atoms with Gasteiger partial charge in [0, 0.05) is 12.0 Å². The minimum Gasteiger partial charge on any atom is -0.478 e. The Bertz CT molecular complexity index is 605. The fourth-order valence-corrected chi connectivity index (χ4v) is 2.15. The Hall–Kier alpha value is -2.57. The number of benzene rings is 1. The molecule has 3 N–H and O–H groups in total. The third-order valence-corrected chi connectivity index (χ3v) is 3.38. The quantitative estimate of drug-likeness (QED) is 0.684. The lowest BCUT2D eigenvalue weighted by Gasteiger charge is -2.19. The van der Waals surface area contributed by atoms with E-state index in [4.69, 9.17) is 5.11 Å². The maximum absolute atomic E-state index is 11.7. The zero-order chi connectivity index (χ0) is 19.0. The molecule has 0 saturated heterocycles. The highest BCUT2D eigenvalue weighted by atomic mass is 16.7. The summed E-state index contributed by atoms with van der Waals surface area (Å²) in [4.78, 5) is 38.6. The fourth-order valence-electron chi connectivity index (χ4n) is 2.15. The highest BCUT2D eigenvalue weighted by Crippen LogP contribution is 2.14. The van der Waals surface area contributed by atoms with Crippen LogP contribution in [0.25, 0.3) is 0 Å². The molecule has 0 bridgehead atoms. The Morgan fingerprint density at radius 2 is 1.76 bits per heavy atom. The monoisotopic (exact) mass is 350 g/mol. The predicted molar refractivity (Wildman–Crippen MR) is 93.0 cm³/mol. The summed E-state index contributed by atoms with van der Waals surface area (Å²) in [6.07, 6.45) is 0.888. The van der Waals surface area contributed by atoms with Crippen LogP contribution in [0.2, 0.25) is 0 Å². The summed E-state index contributed by atoms with van der Waals surface area (Å²) in [6, 6.07) is 6.69. The molecule has 2 amide bonds. The molecule has 25 heavy (non-hydrogen) atoms. The van der Waals surface area contributed by atoms with Crippen molar-refractivity contribution >= 4 is 18.0 Å². The molecule has 1 aromatic carbocycles. The second-order valence-corrected chi connectivity index (χ2v) is 7.14. The smallest absolute Gasteiger partial charge is 0.431 e. The van der Waals surface area contributed by atoms with Gasteiger partial charge < -0.3 is 15.3 Å². The van der Waals surface area contributed by atoms with Crippen molar-refractivity contribution < 1.29 is 24.3 Å². The van der Waals surface area contributed by atoms with Gasteiger partial charge in [0.05, 0.1) is 5.56 Å². The van der Waals surface area contributed by atoms with Crippen molar-refractivity contribution in [3.05, 3.63) is 35.4 Å². The fraction of sp³-hybridized carbons (Fsp3) is 0.500. The number of carboxylic acid groups (broad SMARTS) is 1. The van der Waals surface area contributed by atoms with Crippen LogP contribution in [0.5, 0.6) is 0 Å². The first kappa shape index (κ1) is 20.5. The SMILES string of the molecule is CC(CCC(=O)NOC(=O)NC(C)(C)C)Cc1ccc(C(=O)O)cc1. The molecule has 0 aliphatic carbocycles. The van der Waals surface area contributed by atoms with E-state index in [1.54, 1.807) is 45.0 Å². The summed E-state index contributed by atoms with van der Waals surface area (Å²) in [5.41, 5.74) is 2.95. The lowest BCUT2D eigenvalue weighted by atomic mass is 9.96. The number of hydrogen-bond donors (Lipinski definition) is 3. The summed E-state index contributed by atoms with van der Waals surface area (Å²) >= 11 is 0. The molecule has 7 heteroatoms. The number of hydroxylamine groups is 1. The largest absolute Gasteiger partial charge is 0.478 e. The lowest BCUT2D eigenvalue weighted by molar-refractivity contribution is -0.129. The highest BCUT2D eigenvalue weighted by Gasteiger charge is 2.16. The van der Waals surface area contributed by atoms with E-state index in [1.807, 2.05) is 6.92 Å². The molecule has 1 unspecified atom stereocenters. The number of carboxylic acids is 1. The zero-order valence-corrected chi connectivity index (χ0v) is 15.1. The molecule has 0 spiro atoms. The molecule has 7 nitrogen and oxygen atoms in total. The second-order valence-electron chi connectivity index (χ2n) is 7.14. The number of carbonyl (C=O) groups is 3. The predicted octanol–water partition coefficient (Wildman–Crippen LogP) is 2.90. The van der Waals surface area contributed by atoms with Crippen molar-refractivity contribution in [1.29, 1.82) is 0 Å². The van der Waals surface area contributed by atoms with Gasteiger partial charge in [-0.3, -0.25) is 4.79 Å². The van der Waals surface area contributed by atoms with Gasteiger partial charge in [-0.05, 0) is 57.2 Å². The Balaban J connectivity index is 2.31. The van der Waals surface area contributed by atoms with E-state index in [0.29, 0.717) is 6.42 Å². The van der Waals surface area contributed by atoms with Crippen molar-refractivity contribution in [2.45, 2.75) is 52.5 Å². The van der Waals surface area contributed by atoms with E-state index in [1.165, 1.54) is 0 Å². The molecular weight excluding hydrogens is 324 g/mol. The number of rotatable bonds is 6. The van der Waals surface area contributed by atoms with E-state index in [-0.39, 0.29) is 23.8 Å². The zero-order valence-electron chi connectivity index (χ0n) is 15.1. The van der Waals surface area contributed by atoms with E-state index in [9.17, 15) is 14.4 Å². The van der Waals surface area contributed by atoms with Gasteiger partial charge in [-0.25, -0.2) is 9.59 Å². The first-order chi connectivity index (χ1) is 11.6. The maximum Gasteiger partial charge on any atom is 0.431 e. The van der Waals surface area contributed by atoms with Crippen LogP contribution in [0.4, 0.5) is 4.79 Å². The Kier molecular flexibility index (Phi) is 7.42. The number of nitrogens with one attached hydrogen (secondary N) is 2. The maximum atomic E-state index is 11.7.